The number of hydrogen-bond acceptors (Lipinski definition) is 4. The first-order chi connectivity index (χ1) is 7.84. The molecule has 0 heterocycles. The number of carbonyl (C=O) groups excluding carboxylic acids is 1. The summed E-state index contributed by atoms with van der Waals surface area (Å²) in [5.41, 5.74) is 1.05. The molecule has 1 rings (SSSR count). The van der Waals surface area contributed by atoms with Gasteiger partial charge in [-0.15, -0.1) is 0 Å². The molecular formula is C10H14N2O4S. The van der Waals surface area contributed by atoms with Crippen LogP contribution in [0.25, 0.3) is 0 Å². The van der Waals surface area contributed by atoms with Crippen LogP contribution in [0.2, 0.25) is 0 Å². The standard InChI is InChI=1S/C10H14N2O4S/c1-12(17(3,14)15)9-6-4-8(5-7-9)11-10(13)16-2/h4-7H,1-3H3,(H,11,13). The van der Waals surface area contributed by atoms with Crippen molar-refractivity contribution in [1.29, 1.82) is 0 Å². The van der Waals surface area contributed by atoms with Crippen LogP contribution in [-0.4, -0.2) is 34.9 Å². The summed E-state index contributed by atoms with van der Waals surface area (Å²) in [6, 6.07) is 6.36. The van der Waals surface area contributed by atoms with Crippen molar-refractivity contribution in [3.05, 3.63) is 24.3 Å². The minimum atomic E-state index is -3.28. The summed E-state index contributed by atoms with van der Waals surface area (Å²) >= 11 is 0. The fourth-order valence-corrected chi connectivity index (χ4v) is 1.62. The first-order valence-corrected chi connectivity index (χ1v) is 6.58. The Labute approximate surface area is 100 Å². The highest BCUT2D eigenvalue weighted by atomic mass is 32.2. The Morgan fingerprint density at radius 2 is 1.82 bits per heavy atom. The molecule has 0 atom stereocenters. The number of nitrogens with one attached hydrogen (secondary N) is 1. The van der Waals surface area contributed by atoms with E-state index in [0.29, 0.717) is 11.4 Å². The molecule has 6 nitrogen and oxygen atoms in total. The van der Waals surface area contributed by atoms with E-state index in [9.17, 15) is 13.2 Å². The number of benzene rings is 1. The molecule has 1 amide bonds. The maximum atomic E-state index is 11.3. The summed E-state index contributed by atoms with van der Waals surface area (Å²) in [5.74, 6) is 0. The molecule has 0 saturated carbocycles. The Bertz CT molecular complexity index is 496. The van der Waals surface area contributed by atoms with Gasteiger partial charge in [-0.05, 0) is 24.3 Å². The second-order valence-corrected chi connectivity index (χ2v) is 5.41. The van der Waals surface area contributed by atoms with Crippen molar-refractivity contribution in [3.63, 3.8) is 0 Å². The number of hydrogen-bond donors (Lipinski definition) is 1. The Hall–Kier alpha value is -1.76. The molecule has 94 valence electrons. The number of ether oxygens (including phenoxy) is 1. The predicted octanol–water partition coefficient (Wildman–Crippen LogP) is 1.26. The zero-order valence-corrected chi connectivity index (χ0v) is 10.6. The number of nitrogens with zero attached hydrogens (tertiary/aromatic N) is 1. The molecule has 0 aliphatic carbocycles. The number of carbonyl (C=O) groups is 1. The average molecular weight is 258 g/mol. The van der Waals surface area contributed by atoms with E-state index < -0.39 is 16.1 Å². The van der Waals surface area contributed by atoms with E-state index in [1.54, 1.807) is 24.3 Å². The molecule has 0 unspecified atom stereocenters. The lowest BCUT2D eigenvalue weighted by molar-refractivity contribution is 0.187. The van der Waals surface area contributed by atoms with Crippen molar-refractivity contribution in [1.82, 2.24) is 0 Å². The van der Waals surface area contributed by atoms with Gasteiger partial charge in [-0.3, -0.25) is 9.62 Å². The average Bonchev–Trinajstić information content (AvgIpc) is 2.27. The second-order valence-electron chi connectivity index (χ2n) is 3.39. The van der Waals surface area contributed by atoms with Gasteiger partial charge < -0.3 is 4.74 Å². The van der Waals surface area contributed by atoms with E-state index >= 15 is 0 Å². The third kappa shape index (κ3) is 3.63. The van der Waals surface area contributed by atoms with Gasteiger partial charge in [-0.1, -0.05) is 0 Å². The minimum absolute atomic E-state index is 0.517. The topological polar surface area (TPSA) is 75.7 Å². The SMILES string of the molecule is COC(=O)Nc1ccc(N(C)S(C)(=O)=O)cc1. The quantitative estimate of drug-likeness (QED) is 0.885. The molecule has 0 spiro atoms. The van der Waals surface area contributed by atoms with Gasteiger partial charge in [0.25, 0.3) is 0 Å². The minimum Gasteiger partial charge on any atom is -0.453 e. The molecule has 17 heavy (non-hydrogen) atoms. The van der Waals surface area contributed by atoms with Crippen molar-refractivity contribution in [2.75, 3.05) is 30.0 Å². The van der Waals surface area contributed by atoms with Gasteiger partial charge in [0.1, 0.15) is 0 Å². The van der Waals surface area contributed by atoms with Gasteiger partial charge >= 0.3 is 6.09 Å². The van der Waals surface area contributed by atoms with Crippen LogP contribution in [-0.2, 0) is 14.8 Å². The van der Waals surface area contributed by atoms with E-state index in [1.165, 1.54) is 14.2 Å². The lowest BCUT2D eigenvalue weighted by Crippen LogP contribution is -2.24. The Morgan fingerprint density at radius 1 is 1.29 bits per heavy atom. The van der Waals surface area contributed by atoms with Crippen molar-refractivity contribution in [2.45, 2.75) is 0 Å². The summed E-state index contributed by atoms with van der Waals surface area (Å²) in [6.07, 6.45) is 0.544. The summed E-state index contributed by atoms with van der Waals surface area (Å²) in [7, 11) is -0.554. The van der Waals surface area contributed by atoms with Crippen LogP contribution < -0.4 is 9.62 Å². The van der Waals surface area contributed by atoms with E-state index in [1.807, 2.05) is 0 Å². The van der Waals surface area contributed by atoms with Crippen LogP contribution in [0.15, 0.2) is 24.3 Å². The molecule has 0 fully saturated rings. The zero-order chi connectivity index (χ0) is 13.1. The van der Waals surface area contributed by atoms with Crippen molar-refractivity contribution in [3.8, 4) is 0 Å². The van der Waals surface area contributed by atoms with Crippen LogP contribution in [0.4, 0.5) is 16.2 Å². The van der Waals surface area contributed by atoms with E-state index in [-0.39, 0.29) is 0 Å². The summed E-state index contributed by atoms with van der Waals surface area (Å²) < 4.78 is 28.1. The van der Waals surface area contributed by atoms with E-state index in [4.69, 9.17) is 0 Å². The monoisotopic (exact) mass is 258 g/mol. The molecule has 0 bridgehead atoms. The highest BCUT2D eigenvalue weighted by molar-refractivity contribution is 7.92. The second kappa shape index (κ2) is 5.05. The lowest BCUT2D eigenvalue weighted by atomic mass is 10.3. The fraction of sp³-hybridized carbons (Fsp3) is 0.300. The number of rotatable bonds is 3. The number of sulfonamides is 1. The van der Waals surface area contributed by atoms with Crippen LogP contribution in [0, 0.1) is 0 Å². The van der Waals surface area contributed by atoms with Gasteiger partial charge in [0.05, 0.1) is 19.1 Å². The van der Waals surface area contributed by atoms with Gasteiger partial charge in [-0.2, -0.15) is 0 Å². The molecule has 0 saturated heterocycles. The van der Waals surface area contributed by atoms with Crippen molar-refractivity contribution < 1.29 is 17.9 Å². The molecule has 7 heteroatoms. The third-order valence-corrected chi connectivity index (χ3v) is 3.37. The highest BCUT2D eigenvalue weighted by Crippen LogP contribution is 2.18. The number of methoxy groups -OCH3 is 1. The maximum Gasteiger partial charge on any atom is 0.411 e. The predicted molar refractivity (Wildman–Crippen MR) is 65.7 cm³/mol. The summed E-state index contributed by atoms with van der Waals surface area (Å²) in [4.78, 5) is 10.9. The summed E-state index contributed by atoms with van der Waals surface area (Å²) in [6.45, 7) is 0. The van der Waals surface area contributed by atoms with Gasteiger partial charge in [0, 0.05) is 12.7 Å². The van der Waals surface area contributed by atoms with Crippen molar-refractivity contribution in [2.24, 2.45) is 0 Å². The Morgan fingerprint density at radius 3 is 2.24 bits per heavy atom. The van der Waals surface area contributed by atoms with Crippen LogP contribution >= 0.6 is 0 Å². The van der Waals surface area contributed by atoms with Crippen molar-refractivity contribution >= 4 is 27.5 Å². The highest BCUT2D eigenvalue weighted by Gasteiger charge is 2.11. The third-order valence-electron chi connectivity index (χ3n) is 2.16. The van der Waals surface area contributed by atoms with Crippen LogP contribution in [0.3, 0.4) is 0 Å². The molecule has 0 aliphatic rings. The fourth-order valence-electron chi connectivity index (χ4n) is 1.12. The van der Waals surface area contributed by atoms with E-state index in [2.05, 4.69) is 10.1 Å². The smallest absolute Gasteiger partial charge is 0.411 e. The molecule has 1 N–H and O–H groups in total. The lowest BCUT2D eigenvalue weighted by Gasteiger charge is -2.16. The molecule has 0 radical (unpaired) electrons. The Kier molecular flexibility index (Phi) is 3.95. The van der Waals surface area contributed by atoms with Gasteiger partial charge in [0.2, 0.25) is 10.0 Å². The number of anilines is 2. The summed E-state index contributed by atoms with van der Waals surface area (Å²) in [5, 5.41) is 2.47. The van der Waals surface area contributed by atoms with Gasteiger partial charge in [0.15, 0.2) is 0 Å². The molecule has 1 aromatic carbocycles. The van der Waals surface area contributed by atoms with Crippen LogP contribution in [0.1, 0.15) is 0 Å². The maximum absolute atomic E-state index is 11.3. The first kappa shape index (κ1) is 13.3. The normalized spacial score (nSPS) is 10.8. The Balaban J connectivity index is 2.85. The molecule has 1 aromatic rings. The first-order valence-electron chi connectivity index (χ1n) is 4.73. The molecule has 0 aliphatic heterocycles. The molecular weight excluding hydrogens is 244 g/mol. The van der Waals surface area contributed by atoms with E-state index in [0.717, 1.165) is 10.6 Å². The van der Waals surface area contributed by atoms with Gasteiger partial charge in [-0.25, -0.2) is 13.2 Å². The number of amides is 1. The van der Waals surface area contributed by atoms with Crippen LogP contribution in [0.5, 0.6) is 0 Å². The molecule has 0 aromatic heterocycles. The zero-order valence-electron chi connectivity index (χ0n) is 9.80. The largest absolute Gasteiger partial charge is 0.453 e.